The zero-order valence-electron chi connectivity index (χ0n) is 10.8. The summed E-state index contributed by atoms with van der Waals surface area (Å²) in [5.41, 5.74) is 3.03. The lowest BCUT2D eigenvalue weighted by atomic mass is 10.2. The maximum atomic E-state index is 10.7. The summed E-state index contributed by atoms with van der Waals surface area (Å²) in [4.78, 5) is 17.2. The average Bonchev–Trinajstić information content (AvgIpc) is 2.64. The molecule has 18 heavy (non-hydrogen) atoms. The first kappa shape index (κ1) is 12.4. The third kappa shape index (κ3) is 2.30. The highest BCUT2D eigenvalue weighted by Gasteiger charge is 2.13. The van der Waals surface area contributed by atoms with E-state index in [-0.39, 0.29) is 6.42 Å². The quantitative estimate of drug-likeness (QED) is 0.896. The van der Waals surface area contributed by atoms with E-state index in [0.717, 1.165) is 22.5 Å². The maximum absolute atomic E-state index is 10.7. The molecule has 0 bridgehead atoms. The number of carbonyl (C=O) groups is 1. The predicted molar refractivity (Wildman–Crippen MR) is 71.0 cm³/mol. The van der Waals surface area contributed by atoms with Gasteiger partial charge in [-0.25, -0.2) is 4.98 Å². The van der Waals surface area contributed by atoms with E-state index in [4.69, 9.17) is 5.11 Å². The van der Waals surface area contributed by atoms with Crippen LogP contribution in [0.4, 0.5) is 5.95 Å². The number of fused-ring (bicyclic) bond motifs is 1. The van der Waals surface area contributed by atoms with Crippen molar-refractivity contribution in [3.05, 3.63) is 23.8 Å². The van der Waals surface area contributed by atoms with Gasteiger partial charge in [0.25, 0.3) is 0 Å². The third-order valence-corrected chi connectivity index (χ3v) is 2.83. The number of rotatable bonds is 4. The number of hydrogen-bond donors (Lipinski definition) is 1. The Labute approximate surface area is 106 Å². The lowest BCUT2D eigenvalue weighted by molar-refractivity contribution is -0.137. The smallest absolute Gasteiger partial charge is 0.305 e. The first-order valence-electron chi connectivity index (χ1n) is 5.85. The van der Waals surface area contributed by atoms with Gasteiger partial charge >= 0.3 is 5.97 Å². The zero-order valence-corrected chi connectivity index (χ0v) is 10.8. The van der Waals surface area contributed by atoms with E-state index in [2.05, 4.69) is 4.98 Å². The van der Waals surface area contributed by atoms with Crippen LogP contribution >= 0.6 is 0 Å². The summed E-state index contributed by atoms with van der Waals surface area (Å²) >= 11 is 0. The van der Waals surface area contributed by atoms with Gasteiger partial charge in [0.2, 0.25) is 5.95 Å². The molecule has 0 fully saturated rings. The van der Waals surface area contributed by atoms with E-state index in [1.54, 1.807) is 0 Å². The average molecular weight is 247 g/mol. The number of aromatic nitrogens is 2. The second-order valence-corrected chi connectivity index (χ2v) is 4.59. The number of hydrogen-bond acceptors (Lipinski definition) is 3. The Morgan fingerprint density at radius 1 is 1.44 bits per heavy atom. The number of anilines is 1. The van der Waals surface area contributed by atoms with Crippen molar-refractivity contribution in [3.8, 4) is 0 Å². The number of benzene rings is 1. The van der Waals surface area contributed by atoms with Crippen LogP contribution in [0, 0.1) is 6.92 Å². The van der Waals surface area contributed by atoms with Crippen LogP contribution in [0.15, 0.2) is 18.2 Å². The minimum Gasteiger partial charge on any atom is -0.481 e. The molecule has 0 aliphatic carbocycles. The highest BCUT2D eigenvalue weighted by atomic mass is 16.4. The molecular formula is C13H17N3O2. The topological polar surface area (TPSA) is 58.4 Å². The monoisotopic (exact) mass is 247 g/mol. The summed E-state index contributed by atoms with van der Waals surface area (Å²) in [6.45, 7) is 2.45. The number of aryl methyl sites for hydroxylation is 2. The number of aliphatic carboxylic acids is 1. The predicted octanol–water partition coefficient (Wildman–Crippen LogP) is 1.89. The molecule has 2 aromatic rings. The maximum Gasteiger partial charge on any atom is 0.305 e. The van der Waals surface area contributed by atoms with Crippen LogP contribution < -0.4 is 4.90 Å². The Morgan fingerprint density at radius 3 is 2.78 bits per heavy atom. The van der Waals surface area contributed by atoms with Gasteiger partial charge in [0.1, 0.15) is 0 Å². The van der Waals surface area contributed by atoms with Gasteiger partial charge in [-0.3, -0.25) is 4.79 Å². The Hall–Kier alpha value is -2.04. The fourth-order valence-corrected chi connectivity index (χ4v) is 2.00. The molecular weight excluding hydrogens is 230 g/mol. The van der Waals surface area contributed by atoms with Crippen molar-refractivity contribution in [2.45, 2.75) is 19.9 Å². The fraction of sp³-hybridized carbons (Fsp3) is 0.385. The third-order valence-electron chi connectivity index (χ3n) is 2.83. The highest BCUT2D eigenvalue weighted by Crippen LogP contribution is 2.22. The molecule has 1 N–H and O–H groups in total. The van der Waals surface area contributed by atoms with E-state index in [1.807, 2.05) is 48.7 Å². The van der Waals surface area contributed by atoms with E-state index in [9.17, 15) is 4.79 Å². The van der Waals surface area contributed by atoms with Gasteiger partial charge in [-0.05, 0) is 24.6 Å². The summed E-state index contributed by atoms with van der Waals surface area (Å²) in [5.74, 6) is -0.00878. The molecule has 5 heteroatoms. The van der Waals surface area contributed by atoms with Gasteiger partial charge in [-0.15, -0.1) is 0 Å². The van der Waals surface area contributed by atoms with Gasteiger partial charge in [0, 0.05) is 20.6 Å². The Morgan fingerprint density at radius 2 is 2.17 bits per heavy atom. The molecule has 2 rings (SSSR count). The molecule has 1 heterocycles. The minimum absolute atomic E-state index is 0.0974. The first-order chi connectivity index (χ1) is 8.49. The van der Waals surface area contributed by atoms with E-state index in [0.29, 0.717) is 6.54 Å². The Bertz CT molecular complexity index is 587. The lowest BCUT2D eigenvalue weighted by Crippen LogP contribution is -2.16. The molecule has 5 nitrogen and oxygen atoms in total. The summed E-state index contributed by atoms with van der Waals surface area (Å²) in [6, 6.07) is 6.02. The second kappa shape index (κ2) is 4.68. The van der Waals surface area contributed by atoms with E-state index >= 15 is 0 Å². The highest BCUT2D eigenvalue weighted by molar-refractivity contribution is 5.80. The molecule has 0 aliphatic heterocycles. The van der Waals surface area contributed by atoms with Crippen molar-refractivity contribution in [2.24, 2.45) is 0 Å². The summed E-state index contributed by atoms with van der Waals surface area (Å²) in [7, 11) is 3.82. The van der Waals surface area contributed by atoms with E-state index in [1.165, 1.54) is 0 Å². The molecule has 0 aliphatic rings. The number of carboxylic acids is 1. The van der Waals surface area contributed by atoms with Crippen molar-refractivity contribution in [1.29, 1.82) is 0 Å². The van der Waals surface area contributed by atoms with Crippen LogP contribution in [0.25, 0.3) is 11.0 Å². The molecule has 0 atom stereocenters. The van der Waals surface area contributed by atoms with Crippen molar-refractivity contribution < 1.29 is 9.90 Å². The summed E-state index contributed by atoms with van der Waals surface area (Å²) in [5, 5.41) is 8.81. The molecule has 0 spiro atoms. The first-order valence-corrected chi connectivity index (χ1v) is 5.85. The fourth-order valence-electron chi connectivity index (χ4n) is 2.00. The molecule has 0 radical (unpaired) electrons. The van der Waals surface area contributed by atoms with Crippen LogP contribution in [0.3, 0.4) is 0 Å². The van der Waals surface area contributed by atoms with Crippen LogP contribution in [0.5, 0.6) is 0 Å². The molecule has 96 valence electrons. The number of carboxylic acid groups (broad SMARTS) is 1. The Balaban J connectivity index is 2.52. The largest absolute Gasteiger partial charge is 0.481 e. The van der Waals surface area contributed by atoms with Crippen LogP contribution in [-0.2, 0) is 11.3 Å². The SMILES string of the molecule is Cc1ccc2c(c1)nc(N(C)C)n2CCC(=O)O. The van der Waals surface area contributed by atoms with Gasteiger partial charge in [0.05, 0.1) is 17.5 Å². The van der Waals surface area contributed by atoms with Gasteiger partial charge in [-0.1, -0.05) is 6.07 Å². The van der Waals surface area contributed by atoms with Crippen LogP contribution in [0.2, 0.25) is 0 Å². The van der Waals surface area contributed by atoms with E-state index < -0.39 is 5.97 Å². The zero-order chi connectivity index (χ0) is 13.3. The number of nitrogens with zero attached hydrogens (tertiary/aromatic N) is 3. The summed E-state index contributed by atoms with van der Waals surface area (Å²) in [6.07, 6.45) is 0.0974. The standard InChI is InChI=1S/C13H17N3O2/c1-9-4-5-11-10(8-9)14-13(15(2)3)16(11)7-6-12(17)18/h4-5,8H,6-7H2,1-3H3,(H,17,18). The molecule has 0 amide bonds. The second-order valence-electron chi connectivity index (χ2n) is 4.59. The molecule has 0 saturated heterocycles. The normalized spacial score (nSPS) is 10.8. The van der Waals surface area contributed by atoms with Crippen molar-refractivity contribution in [1.82, 2.24) is 9.55 Å². The van der Waals surface area contributed by atoms with Gasteiger partial charge in [-0.2, -0.15) is 0 Å². The van der Waals surface area contributed by atoms with Crippen molar-refractivity contribution in [3.63, 3.8) is 0 Å². The molecule has 0 unspecified atom stereocenters. The van der Waals surface area contributed by atoms with Crippen molar-refractivity contribution in [2.75, 3.05) is 19.0 Å². The van der Waals surface area contributed by atoms with Crippen LogP contribution in [0.1, 0.15) is 12.0 Å². The summed E-state index contributed by atoms with van der Waals surface area (Å²) < 4.78 is 1.95. The van der Waals surface area contributed by atoms with Gasteiger partial charge in [0.15, 0.2) is 0 Å². The Kier molecular flexibility index (Phi) is 3.23. The molecule has 0 saturated carbocycles. The van der Waals surface area contributed by atoms with Gasteiger partial charge < -0.3 is 14.6 Å². The van der Waals surface area contributed by atoms with Crippen molar-refractivity contribution >= 4 is 23.0 Å². The number of imidazole rings is 1. The lowest BCUT2D eigenvalue weighted by Gasteiger charge is -2.14. The molecule has 1 aromatic heterocycles. The molecule has 1 aromatic carbocycles. The minimum atomic E-state index is -0.798. The van der Waals surface area contributed by atoms with Crippen LogP contribution in [-0.4, -0.2) is 34.7 Å².